The maximum Gasteiger partial charge on any atom is 0.166 e. The number of nitrogens with zero attached hydrogens (tertiary/aromatic N) is 1. The molecule has 1 aromatic heterocycles. The van der Waals surface area contributed by atoms with E-state index in [1.165, 1.54) is 3.97 Å². The Morgan fingerprint density at radius 2 is 1.80 bits per heavy atom. The first kappa shape index (κ1) is 19.7. The highest BCUT2D eigenvalue weighted by atomic mass is 32.3. The molecule has 5 heteroatoms. The fourth-order valence-corrected chi connectivity index (χ4v) is 5.00. The molecule has 0 bridgehead atoms. The van der Waals surface area contributed by atoms with E-state index in [9.17, 15) is 4.79 Å². The average Bonchev–Trinajstić information content (AvgIpc) is 2.77. The van der Waals surface area contributed by atoms with E-state index in [4.69, 9.17) is 0 Å². The lowest BCUT2D eigenvalue weighted by atomic mass is 9.93. The zero-order chi connectivity index (χ0) is 18.9. The smallest absolute Gasteiger partial charge is 0.166 e. The SMILES string of the molecule is CC(=O)CCC\C1=C(C)/C(C)=C\C(C)=C\S(F)(F)n2c(C)cc(C)c21. The van der Waals surface area contributed by atoms with Crippen molar-refractivity contribution in [3.63, 3.8) is 0 Å². The second-order valence-electron chi connectivity index (χ2n) is 6.94. The van der Waals surface area contributed by atoms with Crippen molar-refractivity contribution in [1.29, 1.82) is 0 Å². The number of fused-ring (bicyclic) bond motifs is 1. The van der Waals surface area contributed by atoms with Crippen LogP contribution < -0.4 is 0 Å². The van der Waals surface area contributed by atoms with E-state index in [1.54, 1.807) is 20.8 Å². The van der Waals surface area contributed by atoms with Gasteiger partial charge in [-0.15, -0.1) is 7.77 Å². The molecule has 0 N–H and O–H groups in total. The van der Waals surface area contributed by atoms with Gasteiger partial charge in [0.25, 0.3) is 0 Å². The van der Waals surface area contributed by atoms with Crippen molar-refractivity contribution in [2.75, 3.05) is 0 Å². The summed E-state index contributed by atoms with van der Waals surface area (Å²) in [5, 5.41) is 1.11. The van der Waals surface area contributed by atoms with Crippen LogP contribution in [0.2, 0.25) is 0 Å². The highest BCUT2D eigenvalue weighted by molar-refractivity contribution is 8.26. The number of carbonyl (C=O) groups is 1. The van der Waals surface area contributed by atoms with Gasteiger partial charge in [-0.1, -0.05) is 6.08 Å². The maximum atomic E-state index is 15.1. The Labute approximate surface area is 151 Å². The molecule has 0 amide bonds. The van der Waals surface area contributed by atoms with Gasteiger partial charge in [0.1, 0.15) is 5.78 Å². The van der Waals surface area contributed by atoms with Crippen molar-refractivity contribution in [3.8, 4) is 0 Å². The second kappa shape index (κ2) is 7.32. The van der Waals surface area contributed by atoms with Crippen LogP contribution >= 0.6 is 11.0 Å². The number of hydrogen-bond acceptors (Lipinski definition) is 1. The molecule has 0 radical (unpaired) electrons. The van der Waals surface area contributed by atoms with Crippen molar-refractivity contribution in [2.45, 2.75) is 60.8 Å². The molecular formula is C20H27F2NOS. The first-order valence-corrected chi connectivity index (χ1v) is 9.98. The van der Waals surface area contributed by atoms with Crippen LogP contribution in [0.3, 0.4) is 0 Å². The first-order chi connectivity index (χ1) is 11.5. The number of aromatic nitrogens is 1. The molecule has 0 fully saturated rings. The number of halogens is 2. The van der Waals surface area contributed by atoms with Gasteiger partial charge in [-0.3, -0.25) is 3.97 Å². The maximum absolute atomic E-state index is 15.1. The lowest BCUT2D eigenvalue weighted by Crippen LogP contribution is -2.07. The van der Waals surface area contributed by atoms with Gasteiger partial charge in [-0.2, -0.15) is 0 Å². The molecule has 2 heterocycles. The largest absolute Gasteiger partial charge is 0.300 e. The lowest BCUT2D eigenvalue weighted by molar-refractivity contribution is -0.117. The topological polar surface area (TPSA) is 22.0 Å². The minimum absolute atomic E-state index is 0.130. The van der Waals surface area contributed by atoms with Gasteiger partial charge in [0.05, 0.1) is 5.69 Å². The van der Waals surface area contributed by atoms with E-state index >= 15 is 7.77 Å². The van der Waals surface area contributed by atoms with E-state index < -0.39 is 11.0 Å². The number of carbonyl (C=O) groups excluding carboxylic acids is 1. The third-order valence-electron chi connectivity index (χ3n) is 4.62. The zero-order valence-electron chi connectivity index (χ0n) is 15.9. The molecule has 0 aliphatic carbocycles. The summed E-state index contributed by atoms with van der Waals surface area (Å²) >= 11 is 0. The van der Waals surface area contributed by atoms with Crippen molar-refractivity contribution in [3.05, 3.63) is 51.2 Å². The fourth-order valence-electron chi connectivity index (χ4n) is 3.45. The molecule has 25 heavy (non-hydrogen) atoms. The third-order valence-corrected chi connectivity index (χ3v) is 6.24. The summed E-state index contributed by atoms with van der Waals surface area (Å²) < 4.78 is 31.4. The van der Waals surface area contributed by atoms with E-state index in [1.807, 2.05) is 32.9 Å². The normalized spacial score (nSPS) is 25.6. The lowest BCUT2D eigenvalue weighted by Gasteiger charge is -2.25. The van der Waals surface area contributed by atoms with Crippen molar-refractivity contribution in [1.82, 2.24) is 3.97 Å². The molecule has 2 rings (SSSR count). The molecule has 0 spiro atoms. The summed E-state index contributed by atoms with van der Waals surface area (Å²) in [4.78, 5) is 11.3. The molecule has 1 aliphatic rings. The van der Waals surface area contributed by atoms with Crippen molar-refractivity contribution in [2.24, 2.45) is 0 Å². The van der Waals surface area contributed by atoms with Crippen molar-refractivity contribution >= 4 is 22.3 Å². The minimum atomic E-state index is -4.10. The number of ketones is 1. The number of rotatable bonds is 4. The summed E-state index contributed by atoms with van der Waals surface area (Å²) in [7, 11) is -4.10. The predicted octanol–water partition coefficient (Wildman–Crippen LogP) is 6.84. The Morgan fingerprint density at radius 3 is 2.40 bits per heavy atom. The molecule has 0 saturated carbocycles. The minimum Gasteiger partial charge on any atom is -0.300 e. The van der Waals surface area contributed by atoms with Gasteiger partial charge in [0, 0.05) is 17.5 Å². The second-order valence-corrected chi connectivity index (χ2v) is 8.50. The van der Waals surface area contributed by atoms with E-state index in [0.717, 1.165) is 27.7 Å². The first-order valence-electron chi connectivity index (χ1n) is 8.53. The number of hydrogen-bond donors (Lipinski definition) is 0. The fraction of sp³-hybridized carbons (Fsp3) is 0.450. The summed E-state index contributed by atoms with van der Waals surface area (Å²) in [6, 6.07) is 1.83. The van der Waals surface area contributed by atoms with Crippen LogP contribution in [0.15, 0.2) is 34.3 Å². The monoisotopic (exact) mass is 367 g/mol. The van der Waals surface area contributed by atoms with Crippen LogP contribution in [0.25, 0.3) is 5.57 Å². The number of Topliss-reactive ketones (excluding diaryl/α,β-unsaturated/α-hetero) is 1. The highest BCUT2D eigenvalue weighted by Gasteiger charge is 2.30. The van der Waals surface area contributed by atoms with Crippen LogP contribution in [-0.2, 0) is 4.79 Å². The van der Waals surface area contributed by atoms with Gasteiger partial charge in [-0.05, 0) is 88.3 Å². The molecule has 0 aromatic carbocycles. The van der Waals surface area contributed by atoms with Gasteiger partial charge >= 0.3 is 0 Å². The quantitative estimate of drug-likeness (QED) is 0.571. The van der Waals surface area contributed by atoms with Crippen molar-refractivity contribution < 1.29 is 12.6 Å². The highest BCUT2D eigenvalue weighted by Crippen LogP contribution is 2.59. The molecule has 0 atom stereocenters. The standard InChI is InChI=1S/C20H27F2NOS/c1-13-10-14(2)18(6)19(9-7-8-17(5)24)20-15(3)11-16(4)23(20)25(21,22)12-13/h10-12H,7-9H2,1-6H3/b13-12+,14-10-,19-18+. The molecular weight excluding hydrogens is 340 g/mol. The zero-order valence-corrected chi connectivity index (χ0v) is 16.7. The van der Waals surface area contributed by atoms with Gasteiger partial charge < -0.3 is 4.79 Å². The van der Waals surface area contributed by atoms with Crippen LogP contribution in [0, 0.1) is 13.8 Å². The van der Waals surface area contributed by atoms with Gasteiger partial charge in [0.2, 0.25) is 0 Å². The molecule has 138 valence electrons. The Morgan fingerprint density at radius 1 is 1.16 bits per heavy atom. The van der Waals surface area contributed by atoms with Crippen LogP contribution in [0.5, 0.6) is 0 Å². The molecule has 1 aliphatic heterocycles. The third kappa shape index (κ3) is 4.14. The molecule has 0 saturated heterocycles. The Bertz CT molecular complexity index is 797. The summed E-state index contributed by atoms with van der Waals surface area (Å²) in [6.45, 7) is 10.9. The van der Waals surface area contributed by atoms with Gasteiger partial charge in [-0.25, -0.2) is 0 Å². The summed E-state index contributed by atoms with van der Waals surface area (Å²) in [5.41, 5.74) is 5.59. The predicted molar refractivity (Wildman–Crippen MR) is 104 cm³/mol. The van der Waals surface area contributed by atoms with Crippen LogP contribution in [0.1, 0.15) is 63.9 Å². The Balaban J connectivity index is 2.73. The molecule has 1 aromatic rings. The number of allylic oxidation sites excluding steroid dienone is 5. The van der Waals surface area contributed by atoms with Crippen LogP contribution in [-0.4, -0.2) is 9.76 Å². The number of aryl methyl sites for hydroxylation is 2. The van der Waals surface area contributed by atoms with E-state index in [0.29, 0.717) is 36.2 Å². The van der Waals surface area contributed by atoms with Gasteiger partial charge in [0.15, 0.2) is 11.0 Å². The van der Waals surface area contributed by atoms with Crippen LogP contribution in [0.4, 0.5) is 7.77 Å². The summed E-state index contributed by atoms with van der Waals surface area (Å²) in [6.07, 6.45) is 3.60. The average molecular weight is 368 g/mol. The summed E-state index contributed by atoms with van der Waals surface area (Å²) in [5.74, 6) is 0.130. The Hall–Kier alpha value is -1.62. The van der Waals surface area contributed by atoms with E-state index in [2.05, 4.69) is 0 Å². The molecule has 0 unspecified atom stereocenters. The Kier molecular flexibility index (Phi) is 5.77. The molecule has 2 nitrogen and oxygen atoms in total. The van der Waals surface area contributed by atoms with E-state index in [-0.39, 0.29) is 5.78 Å².